The van der Waals surface area contributed by atoms with Crippen LogP contribution in [-0.4, -0.2) is 9.97 Å². The highest BCUT2D eigenvalue weighted by atomic mass is 19.1. The first kappa shape index (κ1) is 14.3. The predicted molar refractivity (Wildman–Crippen MR) is 90.6 cm³/mol. The van der Waals surface area contributed by atoms with E-state index in [0.29, 0.717) is 0 Å². The molecule has 2 aromatic carbocycles. The molecular formula is C20H19FN2. The van der Waals surface area contributed by atoms with Gasteiger partial charge in [-0.05, 0) is 48.2 Å². The fourth-order valence-electron chi connectivity index (χ4n) is 3.62. The van der Waals surface area contributed by atoms with E-state index in [-0.39, 0.29) is 5.82 Å². The third-order valence-electron chi connectivity index (χ3n) is 4.82. The van der Waals surface area contributed by atoms with Crippen LogP contribution in [-0.2, 0) is 6.42 Å². The highest BCUT2D eigenvalue weighted by Crippen LogP contribution is 2.30. The first-order valence-corrected chi connectivity index (χ1v) is 8.29. The highest BCUT2D eigenvalue weighted by Gasteiger charge is 2.16. The summed E-state index contributed by atoms with van der Waals surface area (Å²) in [5.74, 6) is 0.594. The molecular weight excluding hydrogens is 287 g/mol. The lowest BCUT2D eigenvalue weighted by Crippen LogP contribution is -1.99. The Bertz CT molecular complexity index is 821. The van der Waals surface area contributed by atoms with Gasteiger partial charge in [0.05, 0.1) is 11.2 Å². The van der Waals surface area contributed by atoms with Gasteiger partial charge in [-0.1, -0.05) is 37.8 Å². The summed E-state index contributed by atoms with van der Waals surface area (Å²) in [6.45, 7) is 0. The molecule has 1 fully saturated rings. The van der Waals surface area contributed by atoms with Crippen molar-refractivity contribution in [1.82, 2.24) is 9.97 Å². The fourth-order valence-corrected chi connectivity index (χ4v) is 3.62. The van der Waals surface area contributed by atoms with Gasteiger partial charge in [0.1, 0.15) is 12.1 Å². The number of benzene rings is 2. The summed E-state index contributed by atoms with van der Waals surface area (Å²) >= 11 is 0. The molecule has 3 heteroatoms. The SMILES string of the molecule is Fc1ccc(-c2ncnc3cc(CC4CCCC4)ccc23)cc1. The molecule has 4 rings (SSSR count). The molecule has 1 aliphatic rings. The van der Waals surface area contributed by atoms with Gasteiger partial charge in [-0.15, -0.1) is 0 Å². The molecule has 0 spiro atoms. The van der Waals surface area contributed by atoms with Crippen molar-refractivity contribution in [2.24, 2.45) is 5.92 Å². The third-order valence-corrected chi connectivity index (χ3v) is 4.82. The summed E-state index contributed by atoms with van der Waals surface area (Å²) in [4.78, 5) is 8.84. The first-order valence-electron chi connectivity index (χ1n) is 8.29. The van der Waals surface area contributed by atoms with Gasteiger partial charge in [0.25, 0.3) is 0 Å². The summed E-state index contributed by atoms with van der Waals surface area (Å²) in [5, 5.41) is 1.02. The molecule has 1 heterocycles. The maximum atomic E-state index is 13.1. The zero-order chi connectivity index (χ0) is 15.6. The van der Waals surface area contributed by atoms with Crippen LogP contribution in [0.4, 0.5) is 4.39 Å². The van der Waals surface area contributed by atoms with Crippen LogP contribution < -0.4 is 0 Å². The summed E-state index contributed by atoms with van der Waals surface area (Å²) < 4.78 is 13.1. The van der Waals surface area contributed by atoms with Gasteiger partial charge in [0, 0.05) is 10.9 Å². The van der Waals surface area contributed by atoms with E-state index in [1.54, 1.807) is 18.5 Å². The van der Waals surface area contributed by atoms with Gasteiger partial charge in [-0.3, -0.25) is 0 Å². The average molecular weight is 306 g/mol. The van der Waals surface area contributed by atoms with Crippen LogP contribution in [0.3, 0.4) is 0 Å². The number of nitrogens with zero attached hydrogens (tertiary/aromatic N) is 2. The molecule has 23 heavy (non-hydrogen) atoms. The topological polar surface area (TPSA) is 25.8 Å². The Morgan fingerprint density at radius 2 is 1.74 bits per heavy atom. The number of aromatic nitrogens is 2. The number of hydrogen-bond acceptors (Lipinski definition) is 2. The fraction of sp³-hybridized carbons (Fsp3) is 0.300. The maximum absolute atomic E-state index is 13.1. The molecule has 1 aromatic heterocycles. The summed E-state index contributed by atoms with van der Waals surface area (Å²) in [5.41, 5.74) is 4.10. The molecule has 1 saturated carbocycles. The minimum absolute atomic E-state index is 0.231. The van der Waals surface area contributed by atoms with E-state index in [0.717, 1.165) is 34.5 Å². The molecule has 3 aromatic rings. The summed E-state index contributed by atoms with van der Waals surface area (Å²) in [7, 11) is 0. The zero-order valence-corrected chi connectivity index (χ0v) is 13.0. The summed E-state index contributed by atoms with van der Waals surface area (Å²) in [6, 6.07) is 13.0. The molecule has 0 unspecified atom stereocenters. The maximum Gasteiger partial charge on any atom is 0.123 e. The Kier molecular flexibility index (Phi) is 3.78. The molecule has 0 radical (unpaired) electrons. The van der Waals surface area contributed by atoms with Gasteiger partial charge in [-0.2, -0.15) is 0 Å². The van der Waals surface area contributed by atoms with Crippen molar-refractivity contribution in [1.29, 1.82) is 0 Å². The Hall–Kier alpha value is -2.29. The van der Waals surface area contributed by atoms with Crippen molar-refractivity contribution in [2.75, 3.05) is 0 Å². The smallest absolute Gasteiger partial charge is 0.123 e. The lowest BCUT2D eigenvalue weighted by molar-refractivity contribution is 0.547. The Morgan fingerprint density at radius 1 is 0.957 bits per heavy atom. The number of halogens is 1. The quantitative estimate of drug-likeness (QED) is 0.667. The van der Waals surface area contributed by atoms with Crippen LogP contribution >= 0.6 is 0 Å². The van der Waals surface area contributed by atoms with Gasteiger partial charge in [-0.25, -0.2) is 14.4 Å². The molecule has 0 N–H and O–H groups in total. The molecule has 0 amide bonds. The first-order chi connectivity index (χ1) is 11.3. The van der Waals surface area contributed by atoms with Crippen LogP contribution in [0.2, 0.25) is 0 Å². The zero-order valence-electron chi connectivity index (χ0n) is 13.0. The van der Waals surface area contributed by atoms with Crippen LogP contribution in [0.25, 0.3) is 22.2 Å². The van der Waals surface area contributed by atoms with Crippen molar-refractivity contribution >= 4 is 10.9 Å². The Balaban J connectivity index is 1.71. The Labute approximate surface area is 135 Å². The minimum atomic E-state index is -0.231. The van der Waals surface area contributed by atoms with E-state index < -0.39 is 0 Å². The van der Waals surface area contributed by atoms with Gasteiger partial charge >= 0.3 is 0 Å². The van der Waals surface area contributed by atoms with E-state index in [1.807, 2.05) is 0 Å². The number of hydrogen-bond donors (Lipinski definition) is 0. The van der Waals surface area contributed by atoms with Crippen molar-refractivity contribution in [3.05, 3.63) is 60.2 Å². The van der Waals surface area contributed by atoms with Gasteiger partial charge in [0.15, 0.2) is 0 Å². The van der Waals surface area contributed by atoms with Crippen molar-refractivity contribution in [3.63, 3.8) is 0 Å². The second kappa shape index (κ2) is 6.07. The summed E-state index contributed by atoms with van der Waals surface area (Å²) in [6.07, 6.45) is 8.18. The van der Waals surface area contributed by atoms with E-state index in [4.69, 9.17) is 0 Å². The average Bonchev–Trinajstić information content (AvgIpc) is 3.08. The van der Waals surface area contributed by atoms with Crippen LogP contribution in [0.5, 0.6) is 0 Å². The second-order valence-electron chi connectivity index (χ2n) is 6.44. The van der Waals surface area contributed by atoms with Gasteiger partial charge < -0.3 is 0 Å². The van der Waals surface area contributed by atoms with Crippen LogP contribution in [0.1, 0.15) is 31.2 Å². The van der Waals surface area contributed by atoms with E-state index in [2.05, 4.69) is 28.2 Å². The van der Waals surface area contributed by atoms with Crippen molar-refractivity contribution in [3.8, 4) is 11.3 Å². The third kappa shape index (κ3) is 2.96. The minimum Gasteiger partial charge on any atom is -0.236 e. The number of fused-ring (bicyclic) bond motifs is 1. The molecule has 0 bridgehead atoms. The Morgan fingerprint density at radius 3 is 2.52 bits per heavy atom. The molecule has 0 saturated heterocycles. The highest BCUT2D eigenvalue weighted by molar-refractivity contribution is 5.92. The largest absolute Gasteiger partial charge is 0.236 e. The van der Waals surface area contributed by atoms with Crippen LogP contribution in [0.15, 0.2) is 48.8 Å². The van der Waals surface area contributed by atoms with E-state index >= 15 is 0 Å². The molecule has 1 aliphatic carbocycles. The second-order valence-corrected chi connectivity index (χ2v) is 6.44. The normalized spacial score (nSPS) is 15.3. The van der Waals surface area contributed by atoms with E-state index in [9.17, 15) is 4.39 Å². The molecule has 2 nitrogen and oxygen atoms in total. The van der Waals surface area contributed by atoms with Crippen molar-refractivity contribution in [2.45, 2.75) is 32.1 Å². The number of rotatable bonds is 3. The monoisotopic (exact) mass is 306 g/mol. The van der Waals surface area contributed by atoms with Crippen molar-refractivity contribution < 1.29 is 4.39 Å². The lowest BCUT2D eigenvalue weighted by atomic mass is 9.96. The standard InChI is InChI=1S/C20H19FN2/c21-17-8-6-16(7-9-17)20-18-10-5-15(11-14-3-1-2-4-14)12-19(18)22-13-23-20/h5-10,12-14H,1-4,11H2. The predicted octanol–water partition coefficient (Wildman–Crippen LogP) is 5.17. The molecule has 0 atom stereocenters. The van der Waals surface area contributed by atoms with Crippen LogP contribution in [0, 0.1) is 11.7 Å². The van der Waals surface area contributed by atoms with Gasteiger partial charge in [0.2, 0.25) is 0 Å². The lowest BCUT2D eigenvalue weighted by Gasteiger charge is -2.10. The molecule has 0 aliphatic heterocycles. The molecule has 116 valence electrons. The van der Waals surface area contributed by atoms with E-state index in [1.165, 1.54) is 43.4 Å².